The molecule has 2 aliphatic heterocycles. The lowest BCUT2D eigenvalue weighted by Crippen LogP contribution is -2.36. The Hall–Kier alpha value is -0.450. The standard InChI is InChI=1S/C13H21N3S/c1-9(13-8-17-10(2)14-13)16-6-5-11-3-4-12(7-16)15-11/h8-9,11-12,15H,3-7H2,1-2H3. The highest BCUT2D eigenvalue weighted by atomic mass is 32.1. The van der Waals surface area contributed by atoms with Crippen molar-refractivity contribution in [1.29, 1.82) is 0 Å². The van der Waals surface area contributed by atoms with E-state index in [2.05, 4.69) is 34.4 Å². The molecule has 94 valence electrons. The zero-order valence-corrected chi connectivity index (χ0v) is 11.5. The van der Waals surface area contributed by atoms with E-state index in [9.17, 15) is 0 Å². The van der Waals surface area contributed by atoms with Crippen LogP contribution >= 0.6 is 11.3 Å². The summed E-state index contributed by atoms with van der Waals surface area (Å²) < 4.78 is 0. The summed E-state index contributed by atoms with van der Waals surface area (Å²) in [5.41, 5.74) is 1.25. The van der Waals surface area contributed by atoms with Gasteiger partial charge in [0, 0.05) is 30.6 Å². The van der Waals surface area contributed by atoms with Gasteiger partial charge >= 0.3 is 0 Å². The van der Waals surface area contributed by atoms with E-state index in [0.717, 1.165) is 6.04 Å². The molecular formula is C13H21N3S. The number of thiazole rings is 1. The van der Waals surface area contributed by atoms with E-state index >= 15 is 0 Å². The third kappa shape index (κ3) is 2.39. The van der Waals surface area contributed by atoms with E-state index in [1.807, 2.05) is 0 Å². The molecule has 3 atom stereocenters. The van der Waals surface area contributed by atoms with Gasteiger partial charge in [0.25, 0.3) is 0 Å². The second kappa shape index (κ2) is 4.67. The molecular weight excluding hydrogens is 230 g/mol. The summed E-state index contributed by atoms with van der Waals surface area (Å²) in [6.45, 7) is 6.79. The molecule has 0 spiro atoms. The predicted octanol–water partition coefficient (Wildman–Crippen LogP) is 2.34. The largest absolute Gasteiger partial charge is 0.310 e. The van der Waals surface area contributed by atoms with Crippen LogP contribution in [0, 0.1) is 6.92 Å². The Kier molecular flexibility index (Phi) is 3.19. The first kappa shape index (κ1) is 11.6. The van der Waals surface area contributed by atoms with E-state index in [1.165, 1.54) is 43.1 Å². The molecule has 2 fully saturated rings. The van der Waals surface area contributed by atoms with E-state index in [1.54, 1.807) is 11.3 Å². The summed E-state index contributed by atoms with van der Waals surface area (Å²) in [7, 11) is 0. The van der Waals surface area contributed by atoms with Crippen molar-refractivity contribution in [2.45, 2.75) is 51.2 Å². The van der Waals surface area contributed by atoms with Crippen molar-refractivity contribution in [2.75, 3.05) is 13.1 Å². The van der Waals surface area contributed by atoms with Crippen molar-refractivity contribution >= 4 is 11.3 Å². The molecule has 0 amide bonds. The fraction of sp³-hybridized carbons (Fsp3) is 0.769. The van der Waals surface area contributed by atoms with Crippen LogP contribution in [0.1, 0.15) is 42.9 Å². The van der Waals surface area contributed by atoms with Crippen LogP contribution in [0.25, 0.3) is 0 Å². The molecule has 17 heavy (non-hydrogen) atoms. The SMILES string of the molecule is Cc1nc(C(C)N2CCC3CCC(C2)N3)cs1. The van der Waals surface area contributed by atoms with Gasteiger partial charge in [-0.1, -0.05) is 0 Å². The molecule has 2 bridgehead atoms. The minimum absolute atomic E-state index is 0.473. The average molecular weight is 251 g/mol. The Morgan fingerprint density at radius 2 is 2.24 bits per heavy atom. The molecule has 3 unspecified atom stereocenters. The first-order valence-electron chi connectivity index (χ1n) is 6.64. The Morgan fingerprint density at radius 1 is 1.41 bits per heavy atom. The third-order valence-electron chi connectivity index (χ3n) is 4.17. The molecule has 0 aliphatic carbocycles. The maximum absolute atomic E-state index is 4.63. The highest BCUT2D eigenvalue weighted by molar-refractivity contribution is 7.09. The summed E-state index contributed by atoms with van der Waals surface area (Å²) in [4.78, 5) is 7.24. The van der Waals surface area contributed by atoms with E-state index in [4.69, 9.17) is 0 Å². The van der Waals surface area contributed by atoms with Gasteiger partial charge in [-0.25, -0.2) is 4.98 Å². The molecule has 1 aromatic rings. The molecule has 1 N–H and O–H groups in total. The first-order chi connectivity index (χ1) is 8.22. The quantitative estimate of drug-likeness (QED) is 0.874. The highest BCUT2D eigenvalue weighted by Crippen LogP contribution is 2.27. The van der Waals surface area contributed by atoms with Crippen molar-refractivity contribution < 1.29 is 0 Å². The molecule has 2 saturated heterocycles. The number of rotatable bonds is 2. The number of nitrogens with zero attached hydrogens (tertiary/aromatic N) is 2. The van der Waals surface area contributed by atoms with Gasteiger partial charge in [0.05, 0.1) is 16.7 Å². The van der Waals surface area contributed by atoms with Crippen molar-refractivity contribution in [2.24, 2.45) is 0 Å². The Morgan fingerprint density at radius 3 is 3.00 bits per heavy atom. The summed E-state index contributed by atoms with van der Waals surface area (Å²) in [5.74, 6) is 0. The second-order valence-electron chi connectivity index (χ2n) is 5.39. The van der Waals surface area contributed by atoms with Crippen molar-refractivity contribution in [1.82, 2.24) is 15.2 Å². The van der Waals surface area contributed by atoms with Gasteiger partial charge in [-0.05, 0) is 33.1 Å². The number of likely N-dealkylation sites (tertiary alicyclic amines) is 1. The van der Waals surface area contributed by atoms with Gasteiger partial charge in [0.1, 0.15) is 0 Å². The minimum atomic E-state index is 0.473. The van der Waals surface area contributed by atoms with Crippen LogP contribution in [0.4, 0.5) is 0 Å². The van der Waals surface area contributed by atoms with Crippen LogP contribution in [0.5, 0.6) is 0 Å². The van der Waals surface area contributed by atoms with Gasteiger partial charge in [-0.2, -0.15) is 0 Å². The van der Waals surface area contributed by atoms with E-state index in [0.29, 0.717) is 12.1 Å². The van der Waals surface area contributed by atoms with Gasteiger partial charge < -0.3 is 5.32 Å². The smallest absolute Gasteiger partial charge is 0.0898 e. The number of hydrogen-bond donors (Lipinski definition) is 1. The maximum atomic E-state index is 4.63. The fourth-order valence-electron chi connectivity index (χ4n) is 3.08. The van der Waals surface area contributed by atoms with Crippen LogP contribution in [-0.2, 0) is 0 Å². The molecule has 3 rings (SSSR count). The molecule has 3 heterocycles. The van der Waals surface area contributed by atoms with Crippen LogP contribution in [-0.4, -0.2) is 35.1 Å². The summed E-state index contributed by atoms with van der Waals surface area (Å²) in [5, 5.41) is 7.14. The minimum Gasteiger partial charge on any atom is -0.310 e. The van der Waals surface area contributed by atoms with Gasteiger partial charge in [-0.15, -0.1) is 11.3 Å². The third-order valence-corrected chi connectivity index (χ3v) is 4.96. The Balaban J connectivity index is 1.71. The van der Waals surface area contributed by atoms with Crippen molar-refractivity contribution in [3.63, 3.8) is 0 Å². The predicted molar refractivity (Wildman–Crippen MR) is 71.4 cm³/mol. The zero-order chi connectivity index (χ0) is 11.8. The summed E-state index contributed by atoms with van der Waals surface area (Å²) in [6, 6.07) is 1.96. The monoisotopic (exact) mass is 251 g/mol. The number of aromatic nitrogens is 1. The molecule has 4 heteroatoms. The first-order valence-corrected chi connectivity index (χ1v) is 7.52. The summed E-state index contributed by atoms with van der Waals surface area (Å²) >= 11 is 1.76. The number of aryl methyl sites for hydroxylation is 1. The number of hydrogen-bond acceptors (Lipinski definition) is 4. The Bertz CT molecular complexity index is 390. The molecule has 1 aromatic heterocycles. The van der Waals surface area contributed by atoms with Gasteiger partial charge in [0.2, 0.25) is 0 Å². The molecule has 3 nitrogen and oxygen atoms in total. The average Bonchev–Trinajstić information content (AvgIpc) is 2.84. The molecule has 0 saturated carbocycles. The van der Waals surface area contributed by atoms with E-state index in [-0.39, 0.29) is 0 Å². The van der Waals surface area contributed by atoms with Crippen LogP contribution in [0.2, 0.25) is 0 Å². The highest BCUT2D eigenvalue weighted by Gasteiger charge is 2.31. The summed E-state index contributed by atoms with van der Waals surface area (Å²) in [6.07, 6.45) is 4.02. The lowest BCUT2D eigenvalue weighted by atomic mass is 10.1. The molecule has 2 aliphatic rings. The normalized spacial score (nSPS) is 31.4. The van der Waals surface area contributed by atoms with Crippen molar-refractivity contribution in [3.05, 3.63) is 16.1 Å². The zero-order valence-electron chi connectivity index (χ0n) is 10.6. The Labute approximate surface area is 107 Å². The number of fused-ring (bicyclic) bond motifs is 2. The van der Waals surface area contributed by atoms with Crippen LogP contribution in [0.15, 0.2) is 5.38 Å². The lowest BCUT2D eigenvalue weighted by molar-refractivity contribution is 0.197. The lowest BCUT2D eigenvalue weighted by Gasteiger charge is -2.29. The van der Waals surface area contributed by atoms with Crippen LogP contribution < -0.4 is 5.32 Å². The second-order valence-corrected chi connectivity index (χ2v) is 6.45. The van der Waals surface area contributed by atoms with Gasteiger partial charge in [-0.3, -0.25) is 4.90 Å². The van der Waals surface area contributed by atoms with E-state index < -0.39 is 0 Å². The molecule has 0 radical (unpaired) electrons. The maximum Gasteiger partial charge on any atom is 0.0898 e. The van der Waals surface area contributed by atoms with Crippen LogP contribution in [0.3, 0.4) is 0 Å². The number of nitrogens with one attached hydrogen (secondary N) is 1. The topological polar surface area (TPSA) is 28.2 Å². The van der Waals surface area contributed by atoms with Gasteiger partial charge in [0.15, 0.2) is 0 Å². The fourth-order valence-corrected chi connectivity index (χ4v) is 3.78. The molecule has 0 aromatic carbocycles. The van der Waals surface area contributed by atoms with Crippen molar-refractivity contribution in [3.8, 4) is 0 Å².